The molecule has 3 aromatic rings. The molecule has 11 nitrogen and oxygen atoms in total. The molecule has 4 N–H and O–H groups in total. The number of nitrogens with zero attached hydrogens (tertiary/aromatic N) is 1. The first-order chi connectivity index (χ1) is 21.6. The van der Waals surface area contributed by atoms with Crippen LogP contribution >= 0.6 is 57.4 Å². The number of thiocarbonyl (C=S) groups is 1. The standard InChI is InChI=1S/C31H28I2N4O7S/c1-3-42-30(41)26-17(2)35-31(45)36-27(26)21-6-4-5-7-24(21)43-16-25(38)37-34-14-19-12-22(32)28(23(33)13-19)44-15-18-8-10-20(11-9-18)29(39)40/h4-14,27H,3,15-16H2,1-2H3,(H,37,38)(H,39,40)(H2,35,36,45)/t27-/m0/s1. The number of carbonyl (C=O) groups is 3. The largest absolute Gasteiger partial charge is 0.487 e. The van der Waals surface area contributed by atoms with Crippen molar-refractivity contribution in [3.8, 4) is 11.5 Å². The molecule has 3 aromatic carbocycles. The van der Waals surface area contributed by atoms with Crippen LogP contribution in [0.2, 0.25) is 0 Å². The van der Waals surface area contributed by atoms with Gasteiger partial charge in [-0.3, -0.25) is 4.79 Å². The summed E-state index contributed by atoms with van der Waals surface area (Å²) in [4.78, 5) is 36.4. The van der Waals surface area contributed by atoms with E-state index in [4.69, 9.17) is 31.5 Å². The van der Waals surface area contributed by atoms with Crippen molar-refractivity contribution in [2.24, 2.45) is 5.10 Å². The molecule has 45 heavy (non-hydrogen) atoms. The van der Waals surface area contributed by atoms with Gasteiger partial charge in [-0.1, -0.05) is 30.3 Å². The fourth-order valence-corrected chi connectivity index (χ4v) is 6.70. The molecule has 1 amide bonds. The highest BCUT2D eigenvalue weighted by Gasteiger charge is 2.32. The number of allylic oxidation sites excluding steroid dienone is 1. The summed E-state index contributed by atoms with van der Waals surface area (Å²) in [5, 5.41) is 19.5. The lowest BCUT2D eigenvalue weighted by molar-refractivity contribution is -0.139. The van der Waals surface area contributed by atoms with Gasteiger partial charge in [0.05, 0.1) is 37.1 Å². The number of hydrogen-bond acceptors (Lipinski definition) is 8. The predicted octanol–water partition coefficient (Wildman–Crippen LogP) is 5.06. The predicted molar refractivity (Wildman–Crippen MR) is 188 cm³/mol. The first kappa shape index (κ1) is 34.1. The van der Waals surface area contributed by atoms with E-state index >= 15 is 0 Å². The van der Waals surface area contributed by atoms with Crippen LogP contribution in [-0.2, 0) is 20.9 Å². The molecule has 14 heteroatoms. The minimum absolute atomic E-state index is 0.215. The van der Waals surface area contributed by atoms with Crippen molar-refractivity contribution in [2.75, 3.05) is 13.2 Å². The van der Waals surface area contributed by atoms with Crippen LogP contribution in [0.3, 0.4) is 0 Å². The zero-order chi connectivity index (χ0) is 32.5. The molecule has 4 rings (SSSR count). The van der Waals surface area contributed by atoms with E-state index in [2.05, 4.69) is 66.3 Å². The normalized spacial score (nSPS) is 14.4. The van der Waals surface area contributed by atoms with Crippen LogP contribution in [0.15, 0.2) is 77.0 Å². The molecule has 0 fully saturated rings. The molecule has 0 radical (unpaired) electrons. The smallest absolute Gasteiger partial charge is 0.338 e. The van der Waals surface area contributed by atoms with Gasteiger partial charge in [-0.25, -0.2) is 15.0 Å². The number of halogens is 2. The maximum Gasteiger partial charge on any atom is 0.338 e. The highest BCUT2D eigenvalue weighted by molar-refractivity contribution is 14.1. The lowest BCUT2D eigenvalue weighted by Crippen LogP contribution is -2.45. The molecule has 1 aliphatic heterocycles. The summed E-state index contributed by atoms with van der Waals surface area (Å²) in [6, 6.07) is 16.7. The fourth-order valence-electron chi connectivity index (χ4n) is 4.30. The number of nitrogens with one attached hydrogen (secondary N) is 3. The lowest BCUT2D eigenvalue weighted by atomic mass is 9.95. The van der Waals surface area contributed by atoms with Gasteiger partial charge in [-0.2, -0.15) is 5.10 Å². The number of esters is 1. The second-order valence-electron chi connectivity index (χ2n) is 9.51. The third-order valence-electron chi connectivity index (χ3n) is 6.36. The Morgan fingerprint density at radius 2 is 1.76 bits per heavy atom. The number of hydrazone groups is 1. The first-order valence-electron chi connectivity index (χ1n) is 13.5. The van der Waals surface area contributed by atoms with E-state index < -0.39 is 23.9 Å². The zero-order valence-corrected chi connectivity index (χ0v) is 29.2. The second kappa shape index (κ2) is 16.0. The molecule has 0 unspecified atom stereocenters. The molecule has 0 saturated heterocycles. The number of hydrogen-bond donors (Lipinski definition) is 4. The van der Waals surface area contributed by atoms with Gasteiger partial charge in [-0.05, 0) is 113 Å². The molecule has 0 aliphatic carbocycles. The molecule has 0 spiro atoms. The maximum atomic E-state index is 12.7. The van der Waals surface area contributed by atoms with Crippen LogP contribution in [0.1, 0.15) is 46.9 Å². The average Bonchev–Trinajstić information content (AvgIpc) is 2.99. The Labute approximate surface area is 292 Å². The Bertz CT molecular complexity index is 1660. The zero-order valence-electron chi connectivity index (χ0n) is 24.1. The number of para-hydroxylation sites is 1. The number of aromatic carboxylic acids is 1. The van der Waals surface area contributed by atoms with E-state index in [0.29, 0.717) is 33.4 Å². The van der Waals surface area contributed by atoms with Gasteiger partial charge in [0, 0.05) is 11.3 Å². The van der Waals surface area contributed by atoms with E-state index in [-0.39, 0.29) is 25.4 Å². The van der Waals surface area contributed by atoms with Crippen molar-refractivity contribution in [3.63, 3.8) is 0 Å². The van der Waals surface area contributed by atoms with Gasteiger partial charge >= 0.3 is 11.9 Å². The summed E-state index contributed by atoms with van der Waals surface area (Å²) in [6.45, 7) is 3.65. The van der Waals surface area contributed by atoms with Gasteiger partial charge in [0.25, 0.3) is 5.91 Å². The fraction of sp³-hybridized carbons (Fsp3) is 0.194. The minimum atomic E-state index is -0.979. The van der Waals surface area contributed by atoms with Crippen LogP contribution in [0, 0.1) is 7.14 Å². The third-order valence-corrected chi connectivity index (χ3v) is 8.18. The molecule has 234 valence electrons. The summed E-state index contributed by atoms with van der Waals surface area (Å²) in [5.74, 6) is -0.865. The topological polar surface area (TPSA) is 148 Å². The number of benzene rings is 3. The molecule has 0 saturated carbocycles. The molecule has 1 atom stereocenters. The molecular weight excluding hydrogens is 826 g/mol. The Hall–Kier alpha value is -3.77. The number of carboxylic acids is 1. The quantitative estimate of drug-likeness (QED) is 0.0642. The van der Waals surface area contributed by atoms with Crippen molar-refractivity contribution in [2.45, 2.75) is 26.5 Å². The van der Waals surface area contributed by atoms with Crippen LogP contribution in [0.25, 0.3) is 0 Å². The van der Waals surface area contributed by atoms with Gasteiger partial charge in [-0.15, -0.1) is 0 Å². The molecule has 1 heterocycles. The van der Waals surface area contributed by atoms with Crippen molar-refractivity contribution >= 4 is 86.6 Å². The average molecular weight is 854 g/mol. The Balaban J connectivity index is 1.36. The SMILES string of the molecule is CCOC(=O)C1=C(C)NC(=S)N[C@H]1c1ccccc1OCC(=O)NN=Cc1cc(I)c(OCc2ccc(C(=O)O)cc2)c(I)c1. The van der Waals surface area contributed by atoms with E-state index in [1.165, 1.54) is 18.3 Å². The maximum absolute atomic E-state index is 12.7. The van der Waals surface area contributed by atoms with E-state index in [9.17, 15) is 14.4 Å². The van der Waals surface area contributed by atoms with Crippen LogP contribution in [0.4, 0.5) is 0 Å². The van der Waals surface area contributed by atoms with Gasteiger partial charge in [0.1, 0.15) is 18.1 Å². The monoisotopic (exact) mass is 854 g/mol. The lowest BCUT2D eigenvalue weighted by Gasteiger charge is -2.30. The highest BCUT2D eigenvalue weighted by Crippen LogP contribution is 2.34. The number of carbonyl (C=O) groups excluding carboxylic acids is 2. The van der Waals surface area contributed by atoms with E-state index in [1.807, 2.05) is 12.1 Å². The summed E-state index contributed by atoms with van der Waals surface area (Å²) in [6.07, 6.45) is 1.52. The first-order valence-corrected chi connectivity index (χ1v) is 16.1. The Morgan fingerprint density at radius 1 is 1.07 bits per heavy atom. The van der Waals surface area contributed by atoms with Gasteiger partial charge < -0.3 is 30.0 Å². The van der Waals surface area contributed by atoms with Crippen molar-refractivity contribution in [3.05, 3.63) is 101 Å². The van der Waals surface area contributed by atoms with E-state index in [1.54, 1.807) is 50.2 Å². The Morgan fingerprint density at radius 3 is 2.42 bits per heavy atom. The summed E-state index contributed by atoms with van der Waals surface area (Å²) < 4.78 is 18.8. The number of carboxylic acid groups (broad SMARTS) is 1. The second-order valence-corrected chi connectivity index (χ2v) is 12.2. The van der Waals surface area contributed by atoms with Crippen molar-refractivity contribution in [1.82, 2.24) is 16.1 Å². The number of ether oxygens (including phenoxy) is 3. The third kappa shape index (κ3) is 9.13. The summed E-state index contributed by atoms with van der Waals surface area (Å²) in [7, 11) is 0. The Kier molecular flexibility index (Phi) is 12.1. The van der Waals surface area contributed by atoms with Crippen molar-refractivity contribution in [1.29, 1.82) is 0 Å². The van der Waals surface area contributed by atoms with Crippen LogP contribution in [-0.4, -0.2) is 47.5 Å². The minimum Gasteiger partial charge on any atom is -0.487 e. The molecular formula is C31H28I2N4O7S. The number of rotatable bonds is 12. The molecule has 1 aliphatic rings. The van der Waals surface area contributed by atoms with Gasteiger partial charge in [0.15, 0.2) is 11.7 Å². The summed E-state index contributed by atoms with van der Waals surface area (Å²) >= 11 is 9.64. The molecule has 0 aromatic heterocycles. The van der Waals surface area contributed by atoms with Crippen LogP contribution < -0.4 is 25.5 Å². The van der Waals surface area contributed by atoms with Crippen LogP contribution in [0.5, 0.6) is 11.5 Å². The van der Waals surface area contributed by atoms with Gasteiger partial charge in [0.2, 0.25) is 0 Å². The molecule has 0 bridgehead atoms. The van der Waals surface area contributed by atoms with E-state index in [0.717, 1.165) is 18.3 Å². The number of amides is 1. The highest BCUT2D eigenvalue weighted by atomic mass is 127. The van der Waals surface area contributed by atoms with Crippen molar-refractivity contribution < 1.29 is 33.7 Å². The summed E-state index contributed by atoms with van der Waals surface area (Å²) in [5.41, 5.74) is 5.82.